The number of aliphatic hydroxyl groups is 4. The summed E-state index contributed by atoms with van der Waals surface area (Å²) < 4.78 is 1.66. The van der Waals surface area contributed by atoms with Gasteiger partial charge in [-0.3, -0.25) is 38.4 Å². The average Bonchev–Trinajstić information content (AvgIpc) is 1.61. The van der Waals surface area contributed by atoms with Crippen molar-refractivity contribution in [1.82, 2.24) is 9.78 Å². The van der Waals surface area contributed by atoms with E-state index >= 15 is 0 Å². The van der Waals surface area contributed by atoms with E-state index in [9.17, 15) is 58.8 Å². The van der Waals surface area contributed by atoms with E-state index in [1.54, 1.807) is 95.9 Å². The summed E-state index contributed by atoms with van der Waals surface area (Å²) in [5.74, 6) is -3.68. The van der Waals surface area contributed by atoms with Crippen LogP contribution in [0.1, 0.15) is 127 Å². The van der Waals surface area contributed by atoms with Gasteiger partial charge in [-0.25, -0.2) is 4.68 Å². The molecule has 0 spiro atoms. The number of nitrogens with zero attached hydrogens (tertiary/aromatic N) is 4. The van der Waals surface area contributed by atoms with Crippen molar-refractivity contribution in [2.45, 2.75) is 79.7 Å². The van der Waals surface area contributed by atoms with Gasteiger partial charge in [-0.2, -0.15) is 5.10 Å². The molecule has 6 aliphatic rings. The van der Waals surface area contributed by atoms with Gasteiger partial charge in [0.1, 0.15) is 0 Å². The normalized spacial score (nSPS) is 20.0. The SMILES string of the molecule is CN(C)c1ccc(C(=O)CC2(O)C(=O)Nc3c(Cl)ccc(Cl)c32)cc1.O=C(CC1(O)C(=O)Nc2c(Cl)ccc(Cl)c21)c1ccc(-n2cccn2)cc1.O=C(CC1(O)C(=O)Nc2c(Cl)ccc(Cl)c21)c1ccc(C2CC2)cc1.O=C(CC1(O)C(=O)Nc2c(Cl)ccc(Cl)c21)c1ccc(N2CCCC2)cc1. The minimum Gasteiger partial charge on any atom is -0.378 e. The first-order valence-corrected chi connectivity index (χ1v) is 35.5. The second-order valence-electron chi connectivity index (χ2n) is 25.9. The molecule has 1 aromatic heterocycles. The predicted molar refractivity (Wildman–Crippen MR) is 402 cm³/mol. The van der Waals surface area contributed by atoms with Crippen LogP contribution in [0.3, 0.4) is 0 Å². The molecule has 4 atom stereocenters. The highest BCUT2D eigenvalue weighted by atomic mass is 35.5. The van der Waals surface area contributed by atoms with Crippen LogP contribution >= 0.6 is 92.8 Å². The van der Waals surface area contributed by atoms with E-state index in [1.807, 2.05) is 43.3 Å². The van der Waals surface area contributed by atoms with Gasteiger partial charge in [-0.05, 0) is 165 Å². The van der Waals surface area contributed by atoms with E-state index in [4.69, 9.17) is 92.8 Å². The molecule has 1 aliphatic carbocycles. The summed E-state index contributed by atoms with van der Waals surface area (Å²) in [6.45, 7) is 2.03. The smallest absolute Gasteiger partial charge is 0.261 e. The molecule has 4 amide bonds. The fourth-order valence-corrected chi connectivity index (χ4v) is 15.1. The van der Waals surface area contributed by atoms with E-state index in [2.05, 4.69) is 31.3 Å². The molecule has 28 heteroatoms. The van der Waals surface area contributed by atoms with E-state index in [1.165, 1.54) is 79.8 Å². The third-order valence-electron chi connectivity index (χ3n) is 18.8. The standard InChI is InChI=1S/C20H18Cl2N2O3.C19H13Cl2N3O3.C19H15Cl2NO3.C18H16Cl2N2O3/c21-14-7-8-15(22)18-17(14)20(27,19(26)23-18)11-16(25)12-3-5-13(6-4-12)24-9-1-2-10-24;20-13-6-7-14(21)17-16(13)19(27,18(26)23-17)10-15(25)11-2-4-12(5-3-11)24-9-1-8-22-24;20-13-7-8-14(21)17-16(13)19(25,18(24)22-17)9-15(23)12-5-3-11(4-6-12)10-1-2-10;1-22(2)11-5-3-10(4-6-11)14(23)9-18(25)15-12(19)7-8-13(20)16(15)21-17(18)24/h3-8,27H,1-2,9-11H2,(H,23,26);1-9,27H,10H2,(H,23,26);3-8,10,25H,1-2,9H2,(H,22,24);3-8,25H,9H2,1-2H3,(H,21,24). The molecular formula is C76H62Cl8N8O12. The number of halogens is 8. The van der Waals surface area contributed by atoms with Crippen molar-refractivity contribution in [3.63, 3.8) is 0 Å². The van der Waals surface area contributed by atoms with Crippen molar-refractivity contribution in [3.05, 3.63) is 254 Å². The second kappa shape index (κ2) is 30.0. The molecule has 1 saturated heterocycles. The molecular weight excluding hydrogens is 1500 g/mol. The van der Waals surface area contributed by atoms with E-state index < -0.39 is 77.5 Å². The fraction of sp³-hybridized carbons (Fsp3) is 0.224. The van der Waals surface area contributed by atoms with Gasteiger partial charge in [0.25, 0.3) is 23.6 Å². The summed E-state index contributed by atoms with van der Waals surface area (Å²) in [6.07, 6.45) is 6.47. The predicted octanol–water partition coefficient (Wildman–Crippen LogP) is 15.4. The minimum absolute atomic E-state index is 0.128. The molecule has 15 rings (SSSR count). The highest BCUT2D eigenvalue weighted by Gasteiger charge is 2.53. The Morgan fingerprint density at radius 1 is 0.423 bits per heavy atom. The monoisotopic (exact) mass is 1560 g/mol. The fourth-order valence-electron chi connectivity index (χ4n) is 13.0. The summed E-state index contributed by atoms with van der Waals surface area (Å²) >= 11 is 49.0. The zero-order valence-corrected chi connectivity index (χ0v) is 61.2. The van der Waals surface area contributed by atoms with Crippen molar-refractivity contribution >= 4 is 174 Å². The van der Waals surface area contributed by atoms with Gasteiger partial charge in [0.15, 0.2) is 45.5 Å². The van der Waals surface area contributed by atoms with Gasteiger partial charge in [-0.15, -0.1) is 0 Å². The maximum absolute atomic E-state index is 12.8. The van der Waals surface area contributed by atoms with Gasteiger partial charge in [0, 0.05) is 116 Å². The van der Waals surface area contributed by atoms with Crippen LogP contribution < -0.4 is 31.1 Å². The Hall–Kier alpha value is -8.71. The van der Waals surface area contributed by atoms with Gasteiger partial charge < -0.3 is 51.5 Å². The van der Waals surface area contributed by atoms with Crippen LogP contribution in [0, 0.1) is 0 Å². The number of ketones is 4. The van der Waals surface area contributed by atoms with E-state index in [0.29, 0.717) is 28.2 Å². The maximum atomic E-state index is 12.8. The first-order valence-electron chi connectivity index (χ1n) is 32.5. The average molecular weight is 1560 g/mol. The molecule has 1 saturated carbocycles. The zero-order chi connectivity index (χ0) is 74.5. The molecule has 0 radical (unpaired) electrons. The van der Waals surface area contributed by atoms with Crippen LogP contribution in [0.15, 0.2) is 164 Å². The van der Waals surface area contributed by atoms with Crippen molar-refractivity contribution < 1.29 is 58.8 Å². The molecule has 4 unspecified atom stereocenters. The van der Waals surface area contributed by atoms with Crippen LogP contribution in [0.4, 0.5) is 34.1 Å². The first kappa shape index (κ1) is 75.0. The number of nitrogens with one attached hydrogen (secondary N) is 4. The van der Waals surface area contributed by atoms with Gasteiger partial charge in [0.05, 0.1) is 74.2 Å². The van der Waals surface area contributed by atoms with Crippen LogP contribution in [-0.2, 0) is 41.6 Å². The third-order valence-corrected chi connectivity index (χ3v) is 21.3. The van der Waals surface area contributed by atoms with Gasteiger partial charge in [-0.1, -0.05) is 117 Å². The molecule has 6 heterocycles. The number of aromatic nitrogens is 2. The number of fused-ring (bicyclic) bond motifs is 4. The quantitative estimate of drug-likeness (QED) is 0.0417. The van der Waals surface area contributed by atoms with Crippen LogP contribution in [0.5, 0.6) is 0 Å². The summed E-state index contributed by atoms with van der Waals surface area (Å²) in [4.78, 5) is 104. The molecule has 104 heavy (non-hydrogen) atoms. The molecule has 9 aromatic rings. The molecule has 0 bridgehead atoms. The van der Waals surface area contributed by atoms with Crippen molar-refractivity contribution in [1.29, 1.82) is 0 Å². The number of carbonyl (C=O) groups is 8. The van der Waals surface area contributed by atoms with E-state index in [0.717, 1.165) is 30.2 Å². The topological polar surface area (TPSA) is 290 Å². The highest BCUT2D eigenvalue weighted by molar-refractivity contribution is 6.41. The number of hydrogen-bond acceptors (Lipinski definition) is 15. The molecule has 534 valence electrons. The van der Waals surface area contributed by atoms with Gasteiger partial charge >= 0.3 is 0 Å². The highest BCUT2D eigenvalue weighted by Crippen LogP contribution is 2.51. The molecule has 2 fully saturated rings. The number of hydrogen-bond donors (Lipinski definition) is 8. The lowest BCUT2D eigenvalue weighted by Gasteiger charge is -2.21. The lowest BCUT2D eigenvalue weighted by Crippen LogP contribution is -2.36. The van der Waals surface area contributed by atoms with E-state index in [-0.39, 0.29) is 103 Å². The third kappa shape index (κ3) is 14.7. The van der Waals surface area contributed by atoms with Crippen molar-refractivity contribution in [2.24, 2.45) is 0 Å². The van der Waals surface area contributed by atoms with Crippen LogP contribution in [0.25, 0.3) is 5.69 Å². The van der Waals surface area contributed by atoms with Crippen molar-refractivity contribution in [2.75, 3.05) is 58.3 Å². The summed E-state index contributed by atoms with van der Waals surface area (Å²) in [5.41, 5.74) is -0.927. The molecule has 8 N–H and O–H groups in total. The minimum atomic E-state index is -2.07. The Balaban J connectivity index is 0.000000131. The van der Waals surface area contributed by atoms with Crippen molar-refractivity contribution in [3.8, 4) is 5.69 Å². The Bertz CT molecular complexity index is 4820. The van der Waals surface area contributed by atoms with Crippen LogP contribution in [-0.4, -0.2) is 104 Å². The number of Topliss-reactive ketones (excluding diaryl/α,β-unsaturated/α-hetero) is 4. The summed E-state index contributed by atoms with van der Waals surface area (Å²) in [7, 11) is 3.79. The maximum Gasteiger partial charge on any atom is 0.261 e. The largest absolute Gasteiger partial charge is 0.378 e. The molecule has 20 nitrogen and oxygen atoms in total. The second-order valence-corrected chi connectivity index (χ2v) is 29.1. The lowest BCUT2D eigenvalue weighted by atomic mass is 9.88. The number of amides is 4. The number of carbonyl (C=O) groups excluding carboxylic acids is 8. The summed E-state index contributed by atoms with van der Waals surface area (Å²) in [5, 5.41) is 59.8. The number of benzene rings is 8. The lowest BCUT2D eigenvalue weighted by molar-refractivity contribution is -0.133. The number of anilines is 6. The Labute approximate surface area is 635 Å². The molecule has 5 aliphatic heterocycles. The number of rotatable bonds is 16. The Morgan fingerprint density at radius 2 is 0.712 bits per heavy atom. The summed E-state index contributed by atoms with van der Waals surface area (Å²) in [6, 6.07) is 42.1. The molecule has 8 aromatic carbocycles. The first-order chi connectivity index (χ1) is 49.4. The Morgan fingerprint density at radius 3 is 1.00 bits per heavy atom. The van der Waals surface area contributed by atoms with Gasteiger partial charge in [0.2, 0.25) is 0 Å². The Kier molecular flexibility index (Phi) is 21.7. The van der Waals surface area contributed by atoms with Crippen LogP contribution in [0.2, 0.25) is 40.2 Å². The zero-order valence-electron chi connectivity index (χ0n) is 55.1.